The van der Waals surface area contributed by atoms with Gasteiger partial charge in [0, 0.05) is 20.3 Å². The first-order chi connectivity index (χ1) is 6.72. The Labute approximate surface area is 84.7 Å². The Bertz CT molecular complexity index is 368. The molecule has 0 bridgehead atoms. The highest BCUT2D eigenvalue weighted by Crippen LogP contribution is 2.16. The summed E-state index contributed by atoms with van der Waals surface area (Å²) in [4.78, 5) is 12.6. The van der Waals surface area contributed by atoms with Crippen LogP contribution in [0.4, 0.5) is 0 Å². The van der Waals surface area contributed by atoms with Gasteiger partial charge in [0.05, 0.1) is 17.1 Å². The monoisotopic (exact) mass is 189 g/mol. The smallest absolute Gasteiger partial charge is 0.0844 e. The molecule has 0 fully saturated rings. The van der Waals surface area contributed by atoms with Crippen LogP contribution in [0.3, 0.4) is 0 Å². The number of rotatable bonds is 1. The summed E-state index contributed by atoms with van der Waals surface area (Å²) in [5, 5.41) is 0. The molecule has 0 aromatic rings. The Balaban J connectivity index is 3.16. The average Bonchev–Trinajstić information content (AvgIpc) is 2.20. The Morgan fingerprint density at radius 2 is 1.64 bits per heavy atom. The van der Waals surface area contributed by atoms with E-state index in [4.69, 9.17) is 0 Å². The largest absolute Gasteiger partial charge is 0.286 e. The third kappa shape index (κ3) is 2.05. The maximum Gasteiger partial charge on any atom is 0.0844 e. The first-order valence-corrected chi connectivity index (χ1v) is 4.56. The van der Waals surface area contributed by atoms with Gasteiger partial charge in [-0.1, -0.05) is 0 Å². The minimum atomic E-state index is 0.888. The van der Waals surface area contributed by atoms with Gasteiger partial charge in [0.25, 0.3) is 0 Å². The highest BCUT2D eigenvalue weighted by atomic mass is 14.8. The van der Waals surface area contributed by atoms with E-state index in [0.717, 1.165) is 22.7 Å². The van der Waals surface area contributed by atoms with E-state index < -0.39 is 0 Å². The molecule has 0 heterocycles. The van der Waals surface area contributed by atoms with Gasteiger partial charge in [-0.05, 0) is 31.6 Å². The highest BCUT2D eigenvalue weighted by molar-refractivity contribution is 6.51. The first-order valence-electron chi connectivity index (χ1n) is 4.56. The third-order valence-corrected chi connectivity index (χ3v) is 2.04. The first kappa shape index (κ1) is 10.6. The Morgan fingerprint density at radius 1 is 1.07 bits per heavy atom. The number of aliphatic imine (C=N–C) groups is 3. The predicted molar refractivity (Wildman–Crippen MR) is 62.7 cm³/mol. The van der Waals surface area contributed by atoms with Crippen LogP contribution >= 0.6 is 0 Å². The number of nitrogens with zero attached hydrogens (tertiary/aromatic N) is 3. The van der Waals surface area contributed by atoms with Gasteiger partial charge in [-0.3, -0.25) is 15.0 Å². The van der Waals surface area contributed by atoms with Crippen molar-refractivity contribution in [3.05, 3.63) is 23.4 Å². The molecule has 0 atom stereocenters. The van der Waals surface area contributed by atoms with Gasteiger partial charge < -0.3 is 0 Å². The molecule has 3 nitrogen and oxygen atoms in total. The van der Waals surface area contributed by atoms with E-state index in [1.54, 1.807) is 20.3 Å². The molecule has 0 unspecified atom stereocenters. The molecular weight excluding hydrogens is 174 g/mol. The zero-order chi connectivity index (χ0) is 10.6. The van der Waals surface area contributed by atoms with Crippen LogP contribution in [0.5, 0.6) is 0 Å². The normalized spacial score (nSPS) is 23.1. The third-order valence-electron chi connectivity index (χ3n) is 2.04. The molecule has 0 N–H and O–H groups in total. The van der Waals surface area contributed by atoms with Crippen molar-refractivity contribution in [2.75, 3.05) is 14.1 Å². The van der Waals surface area contributed by atoms with Gasteiger partial charge >= 0.3 is 0 Å². The fraction of sp³-hybridized carbons (Fsp3) is 0.364. The molecule has 0 amide bonds. The van der Waals surface area contributed by atoms with E-state index in [1.165, 1.54) is 0 Å². The average molecular weight is 189 g/mol. The van der Waals surface area contributed by atoms with E-state index in [2.05, 4.69) is 15.0 Å². The van der Waals surface area contributed by atoms with Crippen LogP contribution in [0.15, 0.2) is 38.4 Å². The summed E-state index contributed by atoms with van der Waals surface area (Å²) in [6.07, 6.45) is 5.74. The molecular formula is C11H15N3. The van der Waals surface area contributed by atoms with Crippen molar-refractivity contribution in [1.82, 2.24) is 0 Å². The molecule has 0 spiro atoms. The van der Waals surface area contributed by atoms with Crippen LogP contribution < -0.4 is 0 Å². The Kier molecular flexibility index (Phi) is 3.51. The molecule has 0 radical (unpaired) electrons. The standard InChI is InChI=1S/C11H15N3/c1-5-14-9-7-11(13-4)10(12-3)6-8(9)2/h5-7H,1-4H3. The lowest BCUT2D eigenvalue weighted by molar-refractivity contribution is 1.28. The molecule has 0 saturated heterocycles. The van der Waals surface area contributed by atoms with Crippen molar-refractivity contribution in [1.29, 1.82) is 0 Å². The SMILES string of the molecule is CC=NC1=CC(=NC)C(=NC)C=C1C. The molecule has 0 aromatic heterocycles. The summed E-state index contributed by atoms with van der Waals surface area (Å²) in [7, 11) is 3.53. The van der Waals surface area contributed by atoms with Gasteiger partial charge in [0.15, 0.2) is 0 Å². The van der Waals surface area contributed by atoms with E-state index in [-0.39, 0.29) is 0 Å². The zero-order valence-corrected chi connectivity index (χ0v) is 9.07. The topological polar surface area (TPSA) is 37.1 Å². The van der Waals surface area contributed by atoms with Crippen molar-refractivity contribution in [2.24, 2.45) is 15.0 Å². The van der Waals surface area contributed by atoms with Gasteiger partial charge in [-0.15, -0.1) is 0 Å². The van der Waals surface area contributed by atoms with Gasteiger partial charge in [0.1, 0.15) is 0 Å². The lowest BCUT2D eigenvalue weighted by atomic mass is 10.0. The second-order valence-electron chi connectivity index (χ2n) is 2.96. The van der Waals surface area contributed by atoms with Crippen LogP contribution in [0.1, 0.15) is 13.8 Å². The number of hydrogen-bond acceptors (Lipinski definition) is 3. The fourth-order valence-corrected chi connectivity index (χ4v) is 1.31. The second kappa shape index (κ2) is 4.65. The summed E-state index contributed by atoms with van der Waals surface area (Å²) < 4.78 is 0. The lowest BCUT2D eigenvalue weighted by Gasteiger charge is -2.11. The van der Waals surface area contributed by atoms with Gasteiger partial charge in [-0.2, -0.15) is 0 Å². The molecule has 74 valence electrons. The number of allylic oxidation sites excluding steroid dienone is 3. The molecule has 1 aliphatic rings. The Hall–Kier alpha value is -1.51. The molecule has 3 heteroatoms. The van der Waals surface area contributed by atoms with Crippen LogP contribution in [0.2, 0.25) is 0 Å². The van der Waals surface area contributed by atoms with Crippen molar-refractivity contribution >= 4 is 17.6 Å². The fourth-order valence-electron chi connectivity index (χ4n) is 1.31. The van der Waals surface area contributed by atoms with Crippen molar-refractivity contribution < 1.29 is 0 Å². The van der Waals surface area contributed by atoms with Crippen LogP contribution in [-0.4, -0.2) is 31.7 Å². The van der Waals surface area contributed by atoms with Gasteiger partial charge in [-0.25, -0.2) is 0 Å². The second-order valence-corrected chi connectivity index (χ2v) is 2.96. The molecule has 1 rings (SSSR count). The van der Waals surface area contributed by atoms with E-state index >= 15 is 0 Å². The molecule has 0 aromatic carbocycles. The maximum absolute atomic E-state index is 4.26. The number of hydrogen-bond donors (Lipinski definition) is 0. The van der Waals surface area contributed by atoms with E-state index in [9.17, 15) is 0 Å². The van der Waals surface area contributed by atoms with Crippen LogP contribution in [-0.2, 0) is 0 Å². The lowest BCUT2D eigenvalue weighted by Crippen LogP contribution is -2.14. The van der Waals surface area contributed by atoms with E-state index in [1.807, 2.05) is 26.0 Å². The summed E-state index contributed by atoms with van der Waals surface area (Å²) >= 11 is 0. The summed E-state index contributed by atoms with van der Waals surface area (Å²) in [6, 6.07) is 0. The van der Waals surface area contributed by atoms with Crippen molar-refractivity contribution in [3.8, 4) is 0 Å². The highest BCUT2D eigenvalue weighted by Gasteiger charge is 2.12. The van der Waals surface area contributed by atoms with Crippen LogP contribution in [0, 0.1) is 0 Å². The Morgan fingerprint density at radius 3 is 2.14 bits per heavy atom. The van der Waals surface area contributed by atoms with Crippen molar-refractivity contribution in [2.45, 2.75) is 13.8 Å². The predicted octanol–water partition coefficient (Wildman–Crippen LogP) is 2.06. The van der Waals surface area contributed by atoms with Gasteiger partial charge in [0.2, 0.25) is 0 Å². The summed E-state index contributed by atoms with van der Waals surface area (Å²) in [6.45, 7) is 3.93. The molecule has 14 heavy (non-hydrogen) atoms. The summed E-state index contributed by atoms with van der Waals surface area (Å²) in [5.74, 6) is 0. The molecule has 1 aliphatic carbocycles. The minimum Gasteiger partial charge on any atom is -0.286 e. The summed E-state index contributed by atoms with van der Waals surface area (Å²) in [5.41, 5.74) is 3.88. The maximum atomic E-state index is 4.26. The quantitative estimate of drug-likeness (QED) is 0.447. The van der Waals surface area contributed by atoms with E-state index in [0.29, 0.717) is 0 Å². The van der Waals surface area contributed by atoms with Crippen LogP contribution in [0.25, 0.3) is 0 Å². The van der Waals surface area contributed by atoms with Crippen molar-refractivity contribution in [3.63, 3.8) is 0 Å². The molecule has 0 aliphatic heterocycles. The minimum absolute atomic E-state index is 0.888. The zero-order valence-electron chi connectivity index (χ0n) is 9.07. The molecule has 0 saturated carbocycles.